The van der Waals surface area contributed by atoms with Gasteiger partial charge in [0.05, 0.1) is 6.26 Å². The molecule has 1 heterocycles. The van der Waals surface area contributed by atoms with Crippen LogP contribution in [0.15, 0.2) is 22.8 Å². The van der Waals surface area contributed by atoms with E-state index in [0.29, 0.717) is 31.2 Å². The summed E-state index contributed by atoms with van der Waals surface area (Å²) in [5.41, 5.74) is 0. The number of hydrogen-bond donors (Lipinski definition) is 2. The lowest BCUT2D eigenvalue weighted by Crippen LogP contribution is -2.42. The number of carbonyl (C=O) groups excluding carboxylic acids is 2. The quantitative estimate of drug-likeness (QED) is 0.788. The largest absolute Gasteiger partial charge is 0.459 e. The van der Waals surface area contributed by atoms with Gasteiger partial charge in [-0.25, -0.2) is 0 Å². The Morgan fingerprint density at radius 3 is 2.88 bits per heavy atom. The number of rotatable bonds is 6. The predicted octanol–water partition coefficient (Wildman–Crippen LogP) is 2.73. The monoisotopic (exact) mass is 330 g/mol. The number of carbonyl (C=O) groups is 2. The van der Waals surface area contributed by atoms with E-state index in [-0.39, 0.29) is 11.8 Å². The molecule has 1 aromatic rings. The van der Waals surface area contributed by atoms with Crippen LogP contribution in [0.2, 0.25) is 0 Å². The average Bonchev–Trinajstić information content (AvgIpc) is 3.33. The first-order valence-electron chi connectivity index (χ1n) is 9.33. The summed E-state index contributed by atoms with van der Waals surface area (Å²) in [6.45, 7) is 0.494. The van der Waals surface area contributed by atoms with Crippen LogP contribution in [0.4, 0.5) is 0 Å². The van der Waals surface area contributed by atoms with Crippen LogP contribution in [0.25, 0.3) is 0 Å². The molecule has 130 valence electrons. The number of hydrogen-bond acceptors (Lipinski definition) is 3. The lowest BCUT2D eigenvalue weighted by molar-refractivity contribution is -0.122. The number of amides is 2. The van der Waals surface area contributed by atoms with Crippen molar-refractivity contribution in [2.24, 2.45) is 23.7 Å². The van der Waals surface area contributed by atoms with Crippen LogP contribution in [0.1, 0.15) is 55.5 Å². The molecular weight excluding hydrogens is 304 g/mol. The molecule has 4 rings (SSSR count). The van der Waals surface area contributed by atoms with E-state index in [4.69, 9.17) is 4.42 Å². The predicted molar refractivity (Wildman–Crippen MR) is 89.3 cm³/mol. The molecular formula is C19H26N2O3. The highest BCUT2D eigenvalue weighted by molar-refractivity contribution is 5.91. The van der Waals surface area contributed by atoms with E-state index in [9.17, 15) is 9.59 Å². The fourth-order valence-electron chi connectivity index (χ4n) is 5.46. The van der Waals surface area contributed by atoms with Gasteiger partial charge in [-0.2, -0.15) is 0 Å². The van der Waals surface area contributed by atoms with Crippen molar-refractivity contribution in [1.29, 1.82) is 0 Å². The van der Waals surface area contributed by atoms with Crippen molar-refractivity contribution in [3.8, 4) is 0 Å². The molecule has 3 aliphatic carbocycles. The zero-order chi connectivity index (χ0) is 16.5. The van der Waals surface area contributed by atoms with E-state index in [0.717, 1.165) is 23.7 Å². The van der Waals surface area contributed by atoms with Gasteiger partial charge in [-0.1, -0.05) is 6.42 Å². The van der Waals surface area contributed by atoms with Crippen molar-refractivity contribution in [2.75, 3.05) is 6.54 Å². The number of fused-ring (bicyclic) bond motifs is 5. The third-order valence-corrected chi connectivity index (χ3v) is 6.39. The molecule has 0 spiro atoms. The minimum Gasteiger partial charge on any atom is -0.459 e. The normalized spacial score (nSPS) is 33.4. The molecule has 5 unspecified atom stereocenters. The Labute approximate surface area is 142 Å². The van der Waals surface area contributed by atoms with Crippen LogP contribution >= 0.6 is 0 Å². The van der Waals surface area contributed by atoms with Crippen LogP contribution in [-0.4, -0.2) is 24.4 Å². The molecule has 1 aromatic heterocycles. The first-order chi connectivity index (χ1) is 11.7. The molecule has 0 radical (unpaired) electrons. The summed E-state index contributed by atoms with van der Waals surface area (Å²) in [7, 11) is 0. The smallest absolute Gasteiger partial charge is 0.286 e. The van der Waals surface area contributed by atoms with Gasteiger partial charge in [0.2, 0.25) is 5.91 Å². The van der Waals surface area contributed by atoms with Gasteiger partial charge >= 0.3 is 0 Å². The molecule has 3 aliphatic rings. The van der Waals surface area contributed by atoms with E-state index in [1.54, 1.807) is 12.1 Å². The maximum Gasteiger partial charge on any atom is 0.286 e. The molecule has 5 heteroatoms. The van der Waals surface area contributed by atoms with Gasteiger partial charge < -0.3 is 15.1 Å². The van der Waals surface area contributed by atoms with Crippen LogP contribution < -0.4 is 10.6 Å². The molecule has 2 amide bonds. The molecule has 5 atom stereocenters. The summed E-state index contributed by atoms with van der Waals surface area (Å²) < 4.78 is 5.03. The average molecular weight is 330 g/mol. The molecule has 2 N–H and O–H groups in total. The van der Waals surface area contributed by atoms with Crippen LogP contribution in [-0.2, 0) is 4.79 Å². The first-order valence-corrected chi connectivity index (χ1v) is 9.33. The zero-order valence-electron chi connectivity index (χ0n) is 14.0. The maximum absolute atomic E-state index is 12.2. The lowest BCUT2D eigenvalue weighted by Gasteiger charge is -2.32. The maximum atomic E-state index is 12.2. The minimum atomic E-state index is -0.221. The van der Waals surface area contributed by atoms with Crippen LogP contribution in [0.5, 0.6) is 0 Å². The molecule has 0 aliphatic heterocycles. The van der Waals surface area contributed by atoms with Gasteiger partial charge in [0.25, 0.3) is 5.91 Å². The van der Waals surface area contributed by atoms with Crippen molar-refractivity contribution in [3.63, 3.8) is 0 Å². The number of nitrogens with one attached hydrogen (secondary N) is 2. The van der Waals surface area contributed by atoms with Crippen LogP contribution in [0.3, 0.4) is 0 Å². The van der Waals surface area contributed by atoms with Crippen LogP contribution in [0, 0.1) is 23.7 Å². The summed E-state index contributed by atoms with van der Waals surface area (Å²) in [4.78, 5) is 23.9. The summed E-state index contributed by atoms with van der Waals surface area (Å²) in [5.74, 6) is 3.65. The van der Waals surface area contributed by atoms with E-state index in [2.05, 4.69) is 10.6 Å². The van der Waals surface area contributed by atoms with Crippen molar-refractivity contribution in [3.05, 3.63) is 24.2 Å². The Bertz CT molecular complexity index is 598. The second-order valence-corrected chi connectivity index (χ2v) is 7.66. The van der Waals surface area contributed by atoms with E-state index in [1.807, 2.05) is 0 Å². The second-order valence-electron chi connectivity index (χ2n) is 7.66. The Morgan fingerprint density at radius 2 is 2.04 bits per heavy atom. The Balaban J connectivity index is 1.16. The van der Waals surface area contributed by atoms with E-state index in [1.165, 1.54) is 38.4 Å². The summed E-state index contributed by atoms with van der Waals surface area (Å²) in [6, 6.07) is 3.72. The fourth-order valence-corrected chi connectivity index (χ4v) is 5.46. The van der Waals surface area contributed by atoms with Crippen molar-refractivity contribution >= 4 is 11.8 Å². The molecule has 3 fully saturated rings. The topological polar surface area (TPSA) is 71.3 Å². The number of furan rings is 1. The minimum absolute atomic E-state index is 0.134. The van der Waals surface area contributed by atoms with Crippen molar-refractivity contribution < 1.29 is 14.0 Å². The molecule has 24 heavy (non-hydrogen) atoms. The summed E-state index contributed by atoms with van der Waals surface area (Å²) in [6.07, 6.45) is 9.31. The highest BCUT2D eigenvalue weighted by Crippen LogP contribution is 2.58. The third kappa shape index (κ3) is 2.96. The molecule has 3 saturated carbocycles. The van der Waals surface area contributed by atoms with Gasteiger partial charge in [-0.15, -0.1) is 0 Å². The van der Waals surface area contributed by atoms with Gasteiger partial charge in [0, 0.05) is 19.0 Å². The van der Waals surface area contributed by atoms with Gasteiger partial charge in [0.15, 0.2) is 5.76 Å². The Morgan fingerprint density at radius 1 is 1.17 bits per heavy atom. The molecule has 5 nitrogen and oxygen atoms in total. The molecule has 0 saturated heterocycles. The fraction of sp³-hybridized carbons (Fsp3) is 0.684. The molecule has 2 bridgehead atoms. The summed E-state index contributed by atoms with van der Waals surface area (Å²) in [5, 5.41) is 6.05. The standard InChI is InChI=1S/C19H26N2O3/c22-18(7-2-8-20-19(23)17-6-3-9-24-17)21-16-11-12-10-15(16)14-5-1-4-13(12)14/h3,6,9,12-16H,1-2,4-5,7-8,10-11H2,(H,20,23)(H,21,22). The van der Waals surface area contributed by atoms with Crippen molar-refractivity contribution in [2.45, 2.75) is 51.0 Å². The van der Waals surface area contributed by atoms with E-state index < -0.39 is 0 Å². The van der Waals surface area contributed by atoms with Gasteiger partial charge in [-0.3, -0.25) is 9.59 Å². The first kappa shape index (κ1) is 15.7. The summed E-state index contributed by atoms with van der Waals surface area (Å²) >= 11 is 0. The lowest BCUT2D eigenvalue weighted by atomic mass is 9.79. The Hall–Kier alpha value is -1.78. The van der Waals surface area contributed by atoms with Crippen molar-refractivity contribution in [1.82, 2.24) is 10.6 Å². The Kier molecular flexibility index (Phi) is 4.33. The zero-order valence-corrected chi connectivity index (χ0v) is 14.0. The third-order valence-electron chi connectivity index (χ3n) is 6.39. The van der Waals surface area contributed by atoms with Gasteiger partial charge in [-0.05, 0) is 67.9 Å². The highest BCUT2D eigenvalue weighted by atomic mass is 16.3. The second kappa shape index (κ2) is 6.61. The van der Waals surface area contributed by atoms with E-state index >= 15 is 0 Å². The SMILES string of the molecule is O=C(CCCNC(=O)c1ccco1)NC1CC2CC1C1CCCC21. The van der Waals surface area contributed by atoms with Gasteiger partial charge in [0.1, 0.15) is 0 Å². The molecule has 0 aromatic carbocycles. The highest BCUT2D eigenvalue weighted by Gasteiger charge is 2.53.